The van der Waals surface area contributed by atoms with Gasteiger partial charge in [-0.2, -0.15) is 0 Å². The van der Waals surface area contributed by atoms with Gasteiger partial charge in [0.25, 0.3) is 0 Å². The SMILES string of the molecule is C[C@@H](O)c1cc(Br)ccc1OCc1cccc(F)c1F. The first kappa shape index (κ1) is 14.9. The molecule has 0 aliphatic rings. The minimum Gasteiger partial charge on any atom is -0.488 e. The summed E-state index contributed by atoms with van der Waals surface area (Å²) in [5.41, 5.74) is 0.709. The van der Waals surface area contributed by atoms with Crippen LogP contribution in [0.4, 0.5) is 8.78 Å². The molecule has 0 saturated heterocycles. The smallest absolute Gasteiger partial charge is 0.165 e. The van der Waals surface area contributed by atoms with Gasteiger partial charge in [-0.15, -0.1) is 0 Å². The highest BCUT2D eigenvalue weighted by atomic mass is 79.9. The van der Waals surface area contributed by atoms with Crippen LogP contribution in [0.1, 0.15) is 24.2 Å². The highest BCUT2D eigenvalue weighted by molar-refractivity contribution is 9.10. The predicted octanol–water partition coefficient (Wildman–Crippen LogP) is 4.36. The van der Waals surface area contributed by atoms with Crippen molar-refractivity contribution >= 4 is 15.9 Å². The molecule has 2 aromatic carbocycles. The van der Waals surface area contributed by atoms with Crippen molar-refractivity contribution in [1.29, 1.82) is 0 Å². The van der Waals surface area contributed by atoms with Crippen LogP contribution in [-0.2, 0) is 6.61 Å². The molecule has 0 bridgehead atoms. The van der Waals surface area contributed by atoms with Gasteiger partial charge in [-0.05, 0) is 31.2 Å². The number of aliphatic hydroxyl groups excluding tert-OH is 1. The molecule has 5 heteroatoms. The maximum absolute atomic E-state index is 13.5. The Morgan fingerprint density at radius 2 is 2.00 bits per heavy atom. The first-order valence-electron chi connectivity index (χ1n) is 6.02. The van der Waals surface area contributed by atoms with E-state index in [4.69, 9.17) is 4.74 Å². The van der Waals surface area contributed by atoms with Gasteiger partial charge in [-0.1, -0.05) is 28.1 Å². The monoisotopic (exact) mass is 342 g/mol. The Kier molecular flexibility index (Phi) is 4.73. The largest absolute Gasteiger partial charge is 0.488 e. The molecule has 1 atom stereocenters. The first-order valence-corrected chi connectivity index (χ1v) is 6.81. The maximum Gasteiger partial charge on any atom is 0.165 e. The molecule has 0 radical (unpaired) electrons. The molecule has 2 aromatic rings. The molecule has 0 heterocycles. The highest BCUT2D eigenvalue weighted by Gasteiger charge is 2.12. The summed E-state index contributed by atoms with van der Waals surface area (Å²) in [6, 6.07) is 9.09. The van der Waals surface area contributed by atoms with Crippen LogP contribution in [0.25, 0.3) is 0 Å². The van der Waals surface area contributed by atoms with E-state index in [0.717, 1.165) is 10.5 Å². The lowest BCUT2D eigenvalue weighted by molar-refractivity contribution is 0.189. The van der Waals surface area contributed by atoms with Crippen molar-refractivity contribution in [3.05, 3.63) is 63.6 Å². The zero-order valence-electron chi connectivity index (χ0n) is 10.7. The summed E-state index contributed by atoms with van der Waals surface area (Å²) < 4.78 is 32.9. The quantitative estimate of drug-likeness (QED) is 0.894. The summed E-state index contributed by atoms with van der Waals surface area (Å²) in [7, 11) is 0. The van der Waals surface area contributed by atoms with E-state index in [1.165, 1.54) is 12.1 Å². The molecule has 0 saturated carbocycles. The first-order chi connectivity index (χ1) is 9.49. The van der Waals surface area contributed by atoms with Crippen molar-refractivity contribution in [2.75, 3.05) is 0 Å². The van der Waals surface area contributed by atoms with Crippen LogP contribution in [0.5, 0.6) is 5.75 Å². The molecule has 106 valence electrons. The number of rotatable bonds is 4. The second-order valence-electron chi connectivity index (χ2n) is 4.36. The zero-order chi connectivity index (χ0) is 14.7. The Morgan fingerprint density at radius 1 is 1.25 bits per heavy atom. The van der Waals surface area contributed by atoms with Crippen molar-refractivity contribution < 1.29 is 18.6 Å². The van der Waals surface area contributed by atoms with E-state index in [-0.39, 0.29) is 12.2 Å². The van der Waals surface area contributed by atoms with Crippen LogP contribution in [0, 0.1) is 11.6 Å². The van der Waals surface area contributed by atoms with E-state index >= 15 is 0 Å². The van der Waals surface area contributed by atoms with Crippen molar-refractivity contribution in [3.63, 3.8) is 0 Å². The van der Waals surface area contributed by atoms with Gasteiger partial charge in [0.2, 0.25) is 0 Å². The summed E-state index contributed by atoms with van der Waals surface area (Å²) in [4.78, 5) is 0. The van der Waals surface area contributed by atoms with Gasteiger partial charge in [0.1, 0.15) is 12.4 Å². The average Bonchev–Trinajstić information content (AvgIpc) is 2.41. The van der Waals surface area contributed by atoms with Gasteiger partial charge in [0.05, 0.1) is 6.10 Å². The Labute approximate surface area is 124 Å². The minimum absolute atomic E-state index is 0.106. The van der Waals surface area contributed by atoms with E-state index in [2.05, 4.69) is 15.9 Å². The van der Waals surface area contributed by atoms with Crippen LogP contribution >= 0.6 is 15.9 Å². The fraction of sp³-hybridized carbons (Fsp3) is 0.200. The Balaban J connectivity index is 2.21. The third kappa shape index (κ3) is 3.35. The van der Waals surface area contributed by atoms with Gasteiger partial charge in [0.15, 0.2) is 11.6 Å². The summed E-state index contributed by atoms with van der Waals surface area (Å²) in [6.45, 7) is 1.50. The van der Waals surface area contributed by atoms with Crippen molar-refractivity contribution in [1.82, 2.24) is 0 Å². The molecule has 0 amide bonds. The van der Waals surface area contributed by atoms with Gasteiger partial charge in [-0.3, -0.25) is 0 Å². The van der Waals surface area contributed by atoms with Crippen molar-refractivity contribution in [3.8, 4) is 5.75 Å². The third-order valence-corrected chi connectivity index (χ3v) is 3.33. The van der Waals surface area contributed by atoms with E-state index in [1.807, 2.05) is 0 Å². The summed E-state index contributed by atoms with van der Waals surface area (Å²) >= 11 is 3.31. The standard InChI is InChI=1S/C15H13BrF2O2/c1-9(19)12-7-11(16)5-6-14(12)20-8-10-3-2-4-13(17)15(10)18/h2-7,9,19H,8H2,1H3/t9-/m1/s1. The number of hydrogen-bond acceptors (Lipinski definition) is 2. The molecule has 1 N–H and O–H groups in total. The van der Waals surface area contributed by atoms with Crippen LogP contribution in [-0.4, -0.2) is 5.11 Å². The fourth-order valence-electron chi connectivity index (χ4n) is 1.79. The van der Waals surface area contributed by atoms with Crippen molar-refractivity contribution in [2.45, 2.75) is 19.6 Å². The molecule has 0 spiro atoms. The van der Waals surface area contributed by atoms with Crippen LogP contribution in [0.2, 0.25) is 0 Å². The van der Waals surface area contributed by atoms with Gasteiger partial charge in [0, 0.05) is 15.6 Å². The van der Waals surface area contributed by atoms with E-state index in [1.54, 1.807) is 25.1 Å². The molecule has 2 rings (SSSR count). The number of ether oxygens (including phenoxy) is 1. The lowest BCUT2D eigenvalue weighted by Crippen LogP contribution is -2.03. The minimum atomic E-state index is -0.914. The van der Waals surface area contributed by atoms with Gasteiger partial charge >= 0.3 is 0 Å². The number of halogens is 3. The predicted molar refractivity (Wildman–Crippen MR) is 75.5 cm³/mol. The van der Waals surface area contributed by atoms with E-state index < -0.39 is 17.7 Å². The Morgan fingerprint density at radius 3 is 2.70 bits per heavy atom. The molecular weight excluding hydrogens is 330 g/mol. The van der Waals surface area contributed by atoms with Crippen LogP contribution in [0.15, 0.2) is 40.9 Å². The Hall–Kier alpha value is -1.46. The lowest BCUT2D eigenvalue weighted by Gasteiger charge is -2.14. The summed E-state index contributed by atoms with van der Waals surface area (Å²) in [5, 5.41) is 9.69. The fourth-order valence-corrected chi connectivity index (χ4v) is 2.17. The number of aliphatic hydroxyl groups is 1. The third-order valence-electron chi connectivity index (χ3n) is 2.84. The molecule has 0 aromatic heterocycles. The molecule has 0 fully saturated rings. The molecule has 0 unspecified atom stereocenters. The van der Waals surface area contributed by atoms with Gasteiger partial charge < -0.3 is 9.84 Å². The Bertz CT molecular complexity index is 615. The maximum atomic E-state index is 13.5. The summed E-state index contributed by atoms with van der Waals surface area (Å²) in [5.74, 6) is -1.38. The number of hydrogen-bond donors (Lipinski definition) is 1. The summed E-state index contributed by atoms with van der Waals surface area (Å²) in [6.07, 6.45) is -0.722. The average molecular weight is 343 g/mol. The number of benzene rings is 2. The van der Waals surface area contributed by atoms with Gasteiger partial charge in [-0.25, -0.2) is 8.78 Å². The lowest BCUT2D eigenvalue weighted by atomic mass is 10.1. The molecular formula is C15H13BrF2O2. The van der Waals surface area contributed by atoms with Crippen molar-refractivity contribution in [2.24, 2.45) is 0 Å². The highest BCUT2D eigenvalue weighted by Crippen LogP contribution is 2.29. The molecule has 0 aliphatic heterocycles. The molecule has 0 aliphatic carbocycles. The van der Waals surface area contributed by atoms with Crippen LogP contribution < -0.4 is 4.74 Å². The van der Waals surface area contributed by atoms with E-state index in [0.29, 0.717) is 11.3 Å². The van der Waals surface area contributed by atoms with E-state index in [9.17, 15) is 13.9 Å². The van der Waals surface area contributed by atoms with Crippen LogP contribution in [0.3, 0.4) is 0 Å². The molecule has 20 heavy (non-hydrogen) atoms. The molecule has 2 nitrogen and oxygen atoms in total. The zero-order valence-corrected chi connectivity index (χ0v) is 12.3. The second kappa shape index (κ2) is 6.33. The topological polar surface area (TPSA) is 29.5 Å². The second-order valence-corrected chi connectivity index (χ2v) is 5.28. The normalized spacial score (nSPS) is 12.2.